The second kappa shape index (κ2) is 6.45. The molecule has 2 nitrogen and oxygen atoms in total. The summed E-state index contributed by atoms with van der Waals surface area (Å²) in [6.07, 6.45) is 9.61. The zero-order valence-electron chi connectivity index (χ0n) is 12.3. The van der Waals surface area contributed by atoms with E-state index in [-0.39, 0.29) is 0 Å². The Morgan fingerprint density at radius 1 is 1.20 bits per heavy atom. The van der Waals surface area contributed by atoms with E-state index in [9.17, 15) is 0 Å². The maximum atomic E-state index is 6.21. The van der Waals surface area contributed by atoms with E-state index in [1.807, 2.05) is 0 Å². The summed E-state index contributed by atoms with van der Waals surface area (Å²) >= 11 is 0. The van der Waals surface area contributed by atoms with Gasteiger partial charge in [0.05, 0.1) is 12.7 Å². The normalized spacial score (nSPS) is 29.4. The molecule has 0 saturated heterocycles. The largest absolute Gasteiger partial charge is 0.382 e. The molecule has 2 heteroatoms. The van der Waals surface area contributed by atoms with Crippen molar-refractivity contribution in [2.45, 2.75) is 38.7 Å². The summed E-state index contributed by atoms with van der Waals surface area (Å²) in [5.41, 5.74) is 2.71. The molecular formula is C18H25NO. The van der Waals surface area contributed by atoms with E-state index in [0.29, 0.717) is 12.0 Å². The van der Waals surface area contributed by atoms with Crippen LogP contribution < -0.4 is 5.32 Å². The SMILES string of the molecule is CC1CC=CCC1COC1CCc2ccccc2NC1. The minimum Gasteiger partial charge on any atom is -0.382 e. The molecule has 1 aromatic rings. The van der Waals surface area contributed by atoms with Gasteiger partial charge in [-0.1, -0.05) is 37.3 Å². The van der Waals surface area contributed by atoms with Gasteiger partial charge in [-0.15, -0.1) is 0 Å². The van der Waals surface area contributed by atoms with E-state index in [2.05, 4.69) is 48.7 Å². The minimum absolute atomic E-state index is 0.348. The third-order valence-corrected chi connectivity index (χ3v) is 4.74. The number of aryl methyl sites for hydroxylation is 1. The highest BCUT2D eigenvalue weighted by atomic mass is 16.5. The van der Waals surface area contributed by atoms with Crippen LogP contribution in [0.2, 0.25) is 0 Å². The quantitative estimate of drug-likeness (QED) is 0.838. The lowest BCUT2D eigenvalue weighted by molar-refractivity contribution is 0.0201. The number of benzene rings is 1. The zero-order valence-corrected chi connectivity index (χ0v) is 12.3. The maximum Gasteiger partial charge on any atom is 0.0750 e. The van der Waals surface area contributed by atoms with Crippen LogP contribution in [-0.4, -0.2) is 19.3 Å². The number of anilines is 1. The Labute approximate surface area is 122 Å². The molecule has 3 rings (SSSR count). The van der Waals surface area contributed by atoms with Gasteiger partial charge in [0, 0.05) is 12.2 Å². The molecule has 0 amide bonds. The second-order valence-corrected chi connectivity index (χ2v) is 6.21. The number of hydrogen-bond acceptors (Lipinski definition) is 2. The van der Waals surface area contributed by atoms with Crippen molar-refractivity contribution in [3.63, 3.8) is 0 Å². The first-order chi connectivity index (χ1) is 9.83. The molecule has 0 spiro atoms. The number of fused-ring (bicyclic) bond motifs is 1. The summed E-state index contributed by atoms with van der Waals surface area (Å²) in [5.74, 6) is 1.46. The molecule has 0 saturated carbocycles. The van der Waals surface area contributed by atoms with Crippen molar-refractivity contribution in [3.05, 3.63) is 42.0 Å². The first-order valence-electron chi connectivity index (χ1n) is 7.91. The monoisotopic (exact) mass is 271 g/mol. The highest BCUT2D eigenvalue weighted by molar-refractivity contribution is 5.52. The number of allylic oxidation sites excluding steroid dienone is 2. The molecule has 0 fully saturated rings. The summed E-state index contributed by atoms with van der Waals surface area (Å²) < 4.78 is 6.21. The van der Waals surface area contributed by atoms with Crippen molar-refractivity contribution in [3.8, 4) is 0 Å². The van der Waals surface area contributed by atoms with Crippen LogP contribution in [0, 0.1) is 11.8 Å². The van der Waals surface area contributed by atoms with Crippen molar-refractivity contribution in [2.75, 3.05) is 18.5 Å². The number of ether oxygens (including phenoxy) is 1. The molecule has 3 atom stereocenters. The molecule has 0 aromatic heterocycles. The van der Waals surface area contributed by atoms with Gasteiger partial charge in [-0.3, -0.25) is 0 Å². The molecule has 1 aliphatic heterocycles. The highest BCUT2D eigenvalue weighted by Gasteiger charge is 2.21. The molecule has 1 heterocycles. The van der Waals surface area contributed by atoms with Crippen LogP contribution in [0.5, 0.6) is 0 Å². The van der Waals surface area contributed by atoms with Gasteiger partial charge in [0.2, 0.25) is 0 Å². The molecule has 0 bridgehead atoms. The standard InChI is InChI=1S/C18H25NO/c1-14-6-2-3-8-16(14)13-20-17-11-10-15-7-4-5-9-18(15)19-12-17/h2-5,7,9,14,16-17,19H,6,8,10-13H2,1H3. The fourth-order valence-corrected chi connectivity index (χ4v) is 3.19. The third-order valence-electron chi connectivity index (χ3n) is 4.74. The van der Waals surface area contributed by atoms with Crippen LogP contribution in [0.4, 0.5) is 5.69 Å². The van der Waals surface area contributed by atoms with E-state index in [1.54, 1.807) is 0 Å². The average Bonchev–Trinajstić information content (AvgIpc) is 2.69. The summed E-state index contributed by atoms with van der Waals surface area (Å²) in [5, 5.41) is 3.54. The van der Waals surface area contributed by atoms with E-state index in [1.165, 1.54) is 24.1 Å². The Kier molecular flexibility index (Phi) is 4.41. The molecule has 1 aromatic carbocycles. The lowest BCUT2D eigenvalue weighted by atomic mass is 9.85. The Hall–Kier alpha value is -1.28. The first kappa shape index (κ1) is 13.7. The number of rotatable bonds is 3. The number of hydrogen-bond donors (Lipinski definition) is 1. The van der Waals surface area contributed by atoms with E-state index >= 15 is 0 Å². The molecule has 108 valence electrons. The van der Waals surface area contributed by atoms with Crippen LogP contribution in [0.25, 0.3) is 0 Å². The molecule has 2 aliphatic rings. The summed E-state index contributed by atoms with van der Waals surface area (Å²) in [6, 6.07) is 8.62. The van der Waals surface area contributed by atoms with Gasteiger partial charge >= 0.3 is 0 Å². The average molecular weight is 271 g/mol. The third kappa shape index (κ3) is 3.24. The van der Waals surface area contributed by atoms with E-state index in [0.717, 1.165) is 31.9 Å². The Bertz CT molecular complexity index is 441. The van der Waals surface area contributed by atoms with Crippen molar-refractivity contribution in [1.82, 2.24) is 0 Å². The highest BCUT2D eigenvalue weighted by Crippen LogP contribution is 2.27. The van der Waals surface area contributed by atoms with Crippen LogP contribution in [-0.2, 0) is 11.2 Å². The van der Waals surface area contributed by atoms with Crippen LogP contribution >= 0.6 is 0 Å². The fourth-order valence-electron chi connectivity index (χ4n) is 3.19. The lowest BCUT2D eigenvalue weighted by Gasteiger charge is -2.27. The van der Waals surface area contributed by atoms with Crippen molar-refractivity contribution in [1.29, 1.82) is 0 Å². The minimum atomic E-state index is 0.348. The second-order valence-electron chi connectivity index (χ2n) is 6.21. The van der Waals surface area contributed by atoms with Crippen molar-refractivity contribution in [2.24, 2.45) is 11.8 Å². The lowest BCUT2D eigenvalue weighted by Crippen LogP contribution is -2.27. The van der Waals surface area contributed by atoms with Crippen LogP contribution in [0.3, 0.4) is 0 Å². The summed E-state index contributed by atoms with van der Waals surface area (Å²) in [6.45, 7) is 4.20. The predicted molar refractivity (Wildman–Crippen MR) is 84.0 cm³/mol. The number of para-hydroxylation sites is 1. The van der Waals surface area contributed by atoms with Crippen molar-refractivity contribution >= 4 is 5.69 Å². The van der Waals surface area contributed by atoms with Gasteiger partial charge in [-0.25, -0.2) is 0 Å². The molecule has 1 N–H and O–H groups in total. The topological polar surface area (TPSA) is 21.3 Å². The van der Waals surface area contributed by atoms with Crippen LogP contribution in [0.15, 0.2) is 36.4 Å². The molecule has 20 heavy (non-hydrogen) atoms. The Balaban J connectivity index is 1.51. The van der Waals surface area contributed by atoms with Gasteiger partial charge < -0.3 is 10.1 Å². The van der Waals surface area contributed by atoms with Gasteiger partial charge in [0.1, 0.15) is 0 Å². The molecular weight excluding hydrogens is 246 g/mol. The zero-order chi connectivity index (χ0) is 13.8. The Morgan fingerprint density at radius 2 is 2.05 bits per heavy atom. The van der Waals surface area contributed by atoms with E-state index in [4.69, 9.17) is 4.74 Å². The van der Waals surface area contributed by atoms with E-state index < -0.39 is 0 Å². The fraction of sp³-hybridized carbons (Fsp3) is 0.556. The van der Waals surface area contributed by atoms with Gasteiger partial charge in [-0.2, -0.15) is 0 Å². The molecule has 1 aliphatic carbocycles. The Morgan fingerprint density at radius 3 is 2.95 bits per heavy atom. The molecule has 3 unspecified atom stereocenters. The van der Waals surface area contributed by atoms with Crippen molar-refractivity contribution < 1.29 is 4.74 Å². The molecule has 0 radical (unpaired) electrons. The van der Waals surface area contributed by atoms with Gasteiger partial charge in [0.25, 0.3) is 0 Å². The first-order valence-corrected chi connectivity index (χ1v) is 7.91. The van der Waals surface area contributed by atoms with Gasteiger partial charge in [-0.05, 0) is 49.1 Å². The van der Waals surface area contributed by atoms with Crippen LogP contribution in [0.1, 0.15) is 31.7 Å². The maximum absolute atomic E-state index is 6.21. The number of nitrogens with one attached hydrogen (secondary N) is 1. The summed E-state index contributed by atoms with van der Waals surface area (Å²) in [4.78, 5) is 0. The van der Waals surface area contributed by atoms with Gasteiger partial charge in [0.15, 0.2) is 0 Å². The predicted octanol–water partition coefficient (Wildman–Crippen LogP) is 4.03. The summed E-state index contributed by atoms with van der Waals surface area (Å²) in [7, 11) is 0. The smallest absolute Gasteiger partial charge is 0.0750 e.